The minimum atomic E-state index is -1.84. The van der Waals surface area contributed by atoms with E-state index in [2.05, 4.69) is 90.3 Å². The van der Waals surface area contributed by atoms with Crippen molar-refractivity contribution < 1.29 is 134 Å². The fraction of sp³-hybridized carbons (Fsp3) is 0.758. The summed E-state index contributed by atoms with van der Waals surface area (Å²) in [7, 11) is 6.54. The Kier molecular flexibility index (Phi) is 33.4. The van der Waals surface area contributed by atoms with E-state index in [9.17, 15) is 39.6 Å². The summed E-state index contributed by atoms with van der Waals surface area (Å²) in [6.45, 7) is 35.2. The van der Waals surface area contributed by atoms with E-state index >= 15 is 0 Å². The van der Waals surface area contributed by atoms with E-state index in [-0.39, 0.29) is 122 Å². The van der Waals surface area contributed by atoms with Crippen LogP contribution in [0.25, 0.3) is 0 Å². The van der Waals surface area contributed by atoms with Gasteiger partial charge in [0.15, 0.2) is 36.7 Å². The van der Waals surface area contributed by atoms with Crippen LogP contribution in [-0.2, 0) is 114 Å². The predicted octanol–water partition coefficient (Wildman–Crippen LogP) is 10.7. The average molecular weight is 1810 g/mol. The lowest BCUT2D eigenvalue weighted by molar-refractivity contribution is -0.311. The van der Waals surface area contributed by atoms with Crippen molar-refractivity contribution in [1.29, 1.82) is 0 Å². The molecule has 722 valence electrons. The number of carbonyl (C=O) groups is 4. The summed E-state index contributed by atoms with van der Waals surface area (Å²) in [5, 5.41) is 53.4. The van der Waals surface area contributed by atoms with Crippen LogP contribution in [-0.4, -0.2) is 280 Å². The third-order valence-electron chi connectivity index (χ3n) is 29.3. The molecule has 0 aromatic rings. The quantitative estimate of drug-likeness (QED) is 0.0582. The van der Waals surface area contributed by atoms with Crippen molar-refractivity contribution in [2.45, 2.75) is 390 Å². The molecule has 8 fully saturated rings. The number of carbonyl (C=O) groups excluding carboxylic acids is 4. The van der Waals surface area contributed by atoms with Gasteiger partial charge in [-0.05, 0) is 126 Å². The molecule has 14 rings (SSSR count). The van der Waals surface area contributed by atoms with Gasteiger partial charge in [0.05, 0.1) is 111 Å². The lowest BCUT2D eigenvalue weighted by Gasteiger charge is -2.48. The van der Waals surface area contributed by atoms with Crippen molar-refractivity contribution in [2.75, 3.05) is 41.7 Å². The maximum Gasteiger partial charge on any atom is 0.316 e. The molecule has 4 bridgehead atoms. The van der Waals surface area contributed by atoms with Crippen LogP contribution >= 0.6 is 0 Å². The topological polar surface area (TPSA) is 358 Å². The molecule has 39 atom stereocenters. The fourth-order valence-corrected chi connectivity index (χ4v) is 21.9. The van der Waals surface area contributed by atoms with Crippen molar-refractivity contribution in [1.82, 2.24) is 10.6 Å². The number of nitrogens with one attached hydrogen (secondary N) is 2. The standard InChI is InChI=1S/C50H75NO14.C49H73NO14/c1-12-26(2)45-29(5)18-19-49(65-45)24-36-21-35(64-49)17-16-28(4)44(27(3)14-13-15-34-25-58-47-43(53)30(6)20-37(48(54)61-36)50(34,47)55)62-41-23-39(57-11)46(32(8)60-41)63-40-22-38(56-10)42(31(7)59-40)51-33(9)52;1-25(2)43-28(5)17-18-48(64-43)23-35-20-34(63-48)16-15-27(4)44(26(3)13-12-14-33-24-57-46-42(52)29(6)19-36(47(53)60-35)49(33,46)54)61-40-22-38(56-11)45(31(8)59-40)62-39-21-37(55-10)41(30(7)58-39)50-32(9)51/h13-16,18-20,26-27,29,31-32,35-47,53,55H,12,17,21-25H2,1-11H3,(H,51,52);12-15,17-19,25-26,28,30-31,34-46,52,54H,16,20-24H2,1-11H3,(H,50,51). The Bertz CT molecular complexity index is 4190. The number of ether oxygens (including phenoxy) is 20. The first-order valence-corrected chi connectivity index (χ1v) is 47.2. The first-order valence-electron chi connectivity index (χ1n) is 47.2. The van der Waals surface area contributed by atoms with Gasteiger partial charge in [-0.2, -0.15) is 0 Å². The number of fused-ring (bicyclic) bond motifs is 4. The van der Waals surface area contributed by atoms with Crippen LogP contribution < -0.4 is 10.6 Å². The molecule has 12 heterocycles. The zero-order chi connectivity index (χ0) is 93.2. The Labute approximate surface area is 762 Å². The van der Waals surface area contributed by atoms with E-state index in [0.29, 0.717) is 73.7 Å². The number of aliphatic hydroxyl groups excluding tert-OH is 2. The van der Waals surface area contributed by atoms with Gasteiger partial charge in [0.25, 0.3) is 0 Å². The predicted molar refractivity (Wildman–Crippen MR) is 473 cm³/mol. The van der Waals surface area contributed by atoms with Crippen molar-refractivity contribution >= 4 is 23.8 Å². The number of hydrogen-bond donors (Lipinski definition) is 6. The van der Waals surface area contributed by atoms with E-state index in [1.165, 1.54) is 13.8 Å². The van der Waals surface area contributed by atoms with Crippen LogP contribution in [0.1, 0.15) is 195 Å². The van der Waals surface area contributed by atoms with Gasteiger partial charge in [-0.25, -0.2) is 0 Å². The van der Waals surface area contributed by atoms with E-state index in [4.69, 9.17) is 94.7 Å². The van der Waals surface area contributed by atoms with Crippen LogP contribution in [0, 0.1) is 47.3 Å². The molecule has 2 aliphatic carbocycles. The number of rotatable bonds is 17. The van der Waals surface area contributed by atoms with Crippen LogP contribution in [0.5, 0.6) is 0 Å². The van der Waals surface area contributed by atoms with Crippen molar-refractivity contribution in [3.8, 4) is 0 Å². The van der Waals surface area contributed by atoms with E-state index in [1.807, 2.05) is 78.0 Å². The SMILES string of the molecule is CCC(C)C1OC2(C=CC1C)CC1CC(CC=C(C)C(OC3CC(OC)C(OC4CC(OC)C(NC(C)=O)C(C)O4)C(C)O3)C(C)C=CC=C3COC4C(O)C(C)=CC(C(=O)O1)C34O)O2.COC1CC(OC2C(C)OC(OC3C(C)=CCC4CC(CC5(C=CC(C)C(C(C)C)O5)O4)OC(=O)C4C=C(C)C(O)C5OCC(=CC=CC3C)C45O)CC2OC)OC(C)C1NC(C)=O. The summed E-state index contributed by atoms with van der Waals surface area (Å²) >= 11 is 0. The van der Waals surface area contributed by atoms with Gasteiger partial charge >= 0.3 is 11.9 Å². The zero-order valence-corrected chi connectivity index (χ0v) is 79.6. The third kappa shape index (κ3) is 22.2. The molecule has 0 aromatic carbocycles. The second-order valence-electron chi connectivity index (χ2n) is 39.2. The molecule has 0 aromatic heterocycles. The summed E-state index contributed by atoms with van der Waals surface area (Å²) in [6.07, 6.45) is 17.9. The minimum Gasteiger partial charge on any atom is -0.462 e. The normalized spacial score (nSPS) is 45.3. The second kappa shape index (κ2) is 42.8. The van der Waals surface area contributed by atoms with Gasteiger partial charge in [-0.15, -0.1) is 0 Å². The highest BCUT2D eigenvalue weighted by Crippen LogP contribution is 2.51. The van der Waals surface area contributed by atoms with E-state index in [1.54, 1.807) is 66.6 Å². The Hall–Kier alpha value is -5.60. The highest BCUT2D eigenvalue weighted by molar-refractivity contribution is 5.80. The molecule has 14 aliphatic rings. The molecular formula is C99H148N2O28. The Morgan fingerprint density at radius 3 is 1.23 bits per heavy atom. The molecule has 0 radical (unpaired) electrons. The largest absolute Gasteiger partial charge is 0.462 e. The monoisotopic (exact) mass is 1810 g/mol. The molecule has 30 heteroatoms. The van der Waals surface area contributed by atoms with Crippen LogP contribution in [0.15, 0.2) is 119 Å². The van der Waals surface area contributed by atoms with Crippen LogP contribution in [0.2, 0.25) is 0 Å². The van der Waals surface area contributed by atoms with Crippen molar-refractivity contribution in [3.63, 3.8) is 0 Å². The second-order valence-corrected chi connectivity index (χ2v) is 39.2. The molecule has 2 spiro atoms. The average Bonchev–Trinajstić information content (AvgIpc) is 1.60. The summed E-state index contributed by atoms with van der Waals surface area (Å²) in [5.74, 6) is -5.56. The Balaban J connectivity index is 0.000000220. The number of esters is 2. The summed E-state index contributed by atoms with van der Waals surface area (Å²) < 4.78 is 129. The molecule has 2 amide bonds. The maximum atomic E-state index is 14.4. The first kappa shape index (κ1) is 101. The summed E-state index contributed by atoms with van der Waals surface area (Å²) in [6, 6.07) is -0.629. The van der Waals surface area contributed by atoms with Gasteiger partial charge in [-0.3, -0.25) is 19.2 Å². The smallest absolute Gasteiger partial charge is 0.316 e. The highest BCUT2D eigenvalue weighted by Gasteiger charge is 2.63. The minimum absolute atomic E-state index is 0.0266. The van der Waals surface area contributed by atoms with E-state index in [0.717, 1.165) is 17.6 Å². The van der Waals surface area contributed by atoms with Gasteiger partial charge in [0.2, 0.25) is 11.8 Å². The summed E-state index contributed by atoms with van der Waals surface area (Å²) in [4.78, 5) is 52.5. The number of aliphatic hydroxyl groups is 4. The van der Waals surface area contributed by atoms with Gasteiger partial charge in [0, 0.05) is 117 Å². The highest BCUT2D eigenvalue weighted by atomic mass is 16.8. The lowest BCUT2D eigenvalue weighted by Crippen LogP contribution is -2.58. The molecule has 6 N–H and O–H groups in total. The van der Waals surface area contributed by atoms with Gasteiger partial charge in [0.1, 0.15) is 71.9 Å². The van der Waals surface area contributed by atoms with E-state index < -0.39 is 169 Å². The third-order valence-corrected chi connectivity index (χ3v) is 29.3. The number of amides is 2. The van der Waals surface area contributed by atoms with Gasteiger partial charge < -0.3 is 126 Å². The molecule has 8 saturated heterocycles. The van der Waals surface area contributed by atoms with Gasteiger partial charge in [-0.1, -0.05) is 135 Å². The zero-order valence-electron chi connectivity index (χ0n) is 79.6. The molecule has 12 aliphatic heterocycles. The fourth-order valence-electron chi connectivity index (χ4n) is 21.9. The first-order chi connectivity index (χ1) is 61.2. The Morgan fingerprint density at radius 1 is 0.481 bits per heavy atom. The molecule has 30 nitrogen and oxygen atoms in total. The molecule has 129 heavy (non-hydrogen) atoms. The number of methoxy groups -OCH3 is 4. The number of allylic oxidation sites excluding steroid dienone is 4. The number of hydrogen-bond acceptors (Lipinski definition) is 28. The lowest BCUT2D eigenvalue weighted by atomic mass is 9.71. The van der Waals surface area contributed by atoms with Crippen molar-refractivity contribution in [2.24, 2.45) is 47.3 Å². The molecule has 39 unspecified atom stereocenters. The van der Waals surface area contributed by atoms with Crippen molar-refractivity contribution in [3.05, 3.63) is 119 Å². The summed E-state index contributed by atoms with van der Waals surface area (Å²) in [5.41, 5.74) is 0.228. The Morgan fingerprint density at radius 2 is 0.853 bits per heavy atom. The van der Waals surface area contributed by atoms with Crippen LogP contribution in [0.3, 0.4) is 0 Å². The van der Waals surface area contributed by atoms with Crippen LogP contribution in [0.4, 0.5) is 0 Å². The maximum absolute atomic E-state index is 14.4. The molecular weight excluding hydrogens is 1670 g/mol. The molecule has 0 saturated carbocycles.